The van der Waals surface area contributed by atoms with E-state index in [4.69, 9.17) is 4.42 Å². The first-order valence-corrected chi connectivity index (χ1v) is 6.21. The quantitative estimate of drug-likeness (QED) is 0.873. The zero-order valence-electron chi connectivity index (χ0n) is 10.7. The Hall–Kier alpha value is -1.61. The maximum atomic E-state index is 13.1. The van der Waals surface area contributed by atoms with E-state index < -0.39 is 0 Å². The van der Waals surface area contributed by atoms with Crippen LogP contribution in [0.1, 0.15) is 29.7 Å². The molecule has 1 atom stereocenters. The Morgan fingerprint density at radius 1 is 1.33 bits per heavy atom. The molecule has 1 unspecified atom stereocenters. The van der Waals surface area contributed by atoms with Crippen molar-refractivity contribution in [3.63, 3.8) is 0 Å². The molecule has 0 aliphatic carbocycles. The van der Waals surface area contributed by atoms with Gasteiger partial charge < -0.3 is 9.73 Å². The molecule has 0 saturated carbocycles. The smallest absolute Gasteiger partial charge is 0.123 e. The van der Waals surface area contributed by atoms with Crippen molar-refractivity contribution in [2.75, 3.05) is 6.54 Å². The predicted octanol–water partition coefficient (Wildman–Crippen LogP) is 3.62. The van der Waals surface area contributed by atoms with Crippen LogP contribution in [0.25, 0.3) is 0 Å². The highest BCUT2D eigenvalue weighted by Gasteiger charge is 2.14. The van der Waals surface area contributed by atoms with Gasteiger partial charge in [-0.25, -0.2) is 4.39 Å². The van der Waals surface area contributed by atoms with Crippen molar-refractivity contribution in [2.45, 2.75) is 26.3 Å². The van der Waals surface area contributed by atoms with Crippen LogP contribution < -0.4 is 5.32 Å². The Morgan fingerprint density at radius 2 is 2.17 bits per heavy atom. The number of halogens is 1. The fourth-order valence-corrected chi connectivity index (χ4v) is 2.21. The molecular formula is C15H18FNO. The van der Waals surface area contributed by atoms with Gasteiger partial charge >= 0.3 is 0 Å². The SMILES string of the molecule is CCNC(Cc1ccoc1)c1ccc(F)cc1C. The summed E-state index contributed by atoms with van der Waals surface area (Å²) in [6.07, 6.45) is 4.27. The molecule has 0 amide bonds. The molecule has 0 radical (unpaired) electrons. The number of rotatable bonds is 5. The van der Waals surface area contributed by atoms with Crippen LogP contribution in [0.15, 0.2) is 41.2 Å². The molecule has 1 N–H and O–H groups in total. The van der Waals surface area contributed by atoms with Gasteiger partial charge in [0.1, 0.15) is 5.82 Å². The first-order chi connectivity index (χ1) is 8.70. The van der Waals surface area contributed by atoms with E-state index in [-0.39, 0.29) is 11.9 Å². The third-order valence-corrected chi connectivity index (χ3v) is 3.08. The highest BCUT2D eigenvalue weighted by molar-refractivity contribution is 5.31. The van der Waals surface area contributed by atoms with Crippen molar-refractivity contribution in [3.05, 3.63) is 59.3 Å². The molecule has 0 aliphatic heterocycles. The van der Waals surface area contributed by atoms with Crippen LogP contribution in [0.4, 0.5) is 4.39 Å². The number of benzene rings is 1. The maximum absolute atomic E-state index is 13.1. The monoisotopic (exact) mass is 247 g/mol. The zero-order chi connectivity index (χ0) is 13.0. The lowest BCUT2D eigenvalue weighted by Gasteiger charge is -2.19. The minimum atomic E-state index is -0.185. The van der Waals surface area contributed by atoms with E-state index >= 15 is 0 Å². The summed E-state index contributed by atoms with van der Waals surface area (Å²) in [6.45, 7) is 4.89. The van der Waals surface area contributed by atoms with Crippen LogP contribution in [-0.4, -0.2) is 6.54 Å². The molecule has 0 aliphatic rings. The Kier molecular flexibility index (Phi) is 4.15. The molecule has 0 bridgehead atoms. The van der Waals surface area contributed by atoms with Gasteiger partial charge in [-0.05, 0) is 54.8 Å². The zero-order valence-corrected chi connectivity index (χ0v) is 10.7. The van der Waals surface area contributed by atoms with E-state index in [1.807, 2.05) is 19.1 Å². The topological polar surface area (TPSA) is 25.2 Å². The van der Waals surface area contributed by atoms with Crippen LogP contribution in [0.2, 0.25) is 0 Å². The lowest BCUT2D eigenvalue weighted by atomic mass is 9.96. The lowest BCUT2D eigenvalue weighted by molar-refractivity contribution is 0.531. The lowest BCUT2D eigenvalue weighted by Crippen LogP contribution is -2.23. The van der Waals surface area contributed by atoms with Crippen molar-refractivity contribution in [1.82, 2.24) is 5.32 Å². The van der Waals surface area contributed by atoms with Gasteiger partial charge in [-0.15, -0.1) is 0 Å². The molecule has 1 aromatic carbocycles. The standard InChI is InChI=1S/C15H18FNO/c1-3-17-15(9-12-6-7-18-10-12)14-5-4-13(16)8-11(14)2/h4-8,10,15,17H,3,9H2,1-2H3. The average Bonchev–Trinajstić information content (AvgIpc) is 2.81. The largest absolute Gasteiger partial charge is 0.472 e. The van der Waals surface area contributed by atoms with Crippen LogP contribution in [0, 0.1) is 12.7 Å². The maximum Gasteiger partial charge on any atom is 0.123 e. The number of likely N-dealkylation sites (N-methyl/N-ethyl adjacent to an activating group) is 1. The molecule has 3 heteroatoms. The first-order valence-electron chi connectivity index (χ1n) is 6.21. The number of aryl methyl sites for hydroxylation is 1. The van der Waals surface area contributed by atoms with Crippen molar-refractivity contribution < 1.29 is 8.81 Å². The summed E-state index contributed by atoms with van der Waals surface area (Å²) in [5.74, 6) is -0.185. The second-order valence-corrected chi connectivity index (χ2v) is 4.45. The summed E-state index contributed by atoms with van der Waals surface area (Å²) < 4.78 is 18.2. The molecule has 18 heavy (non-hydrogen) atoms. The van der Waals surface area contributed by atoms with Gasteiger partial charge in [0, 0.05) is 6.04 Å². The Bertz CT molecular complexity index is 493. The van der Waals surface area contributed by atoms with Gasteiger partial charge in [-0.3, -0.25) is 0 Å². The van der Waals surface area contributed by atoms with Crippen LogP contribution in [0.3, 0.4) is 0 Å². The van der Waals surface area contributed by atoms with Crippen molar-refractivity contribution in [3.8, 4) is 0 Å². The van der Waals surface area contributed by atoms with Crippen LogP contribution in [-0.2, 0) is 6.42 Å². The summed E-state index contributed by atoms with van der Waals surface area (Å²) in [7, 11) is 0. The summed E-state index contributed by atoms with van der Waals surface area (Å²) in [6, 6.07) is 7.10. The van der Waals surface area contributed by atoms with Gasteiger partial charge in [0.25, 0.3) is 0 Å². The number of nitrogens with one attached hydrogen (secondary N) is 1. The molecule has 1 aromatic heterocycles. The molecule has 2 aromatic rings. The summed E-state index contributed by atoms with van der Waals surface area (Å²) in [5, 5.41) is 3.43. The van der Waals surface area contributed by atoms with Crippen molar-refractivity contribution in [1.29, 1.82) is 0 Å². The molecular weight excluding hydrogens is 229 g/mol. The highest BCUT2D eigenvalue weighted by Crippen LogP contribution is 2.22. The third-order valence-electron chi connectivity index (χ3n) is 3.08. The fraction of sp³-hybridized carbons (Fsp3) is 0.333. The second kappa shape index (κ2) is 5.83. The van der Waals surface area contributed by atoms with Gasteiger partial charge in [0.15, 0.2) is 0 Å². The Labute approximate surface area is 107 Å². The minimum absolute atomic E-state index is 0.185. The highest BCUT2D eigenvalue weighted by atomic mass is 19.1. The van der Waals surface area contributed by atoms with Gasteiger partial charge in [0.05, 0.1) is 12.5 Å². The molecule has 96 valence electrons. The van der Waals surface area contributed by atoms with E-state index in [2.05, 4.69) is 12.2 Å². The van der Waals surface area contributed by atoms with E-state index in [9.17, 15) is 4.39 Å². The van der Waals surface area contributed by atoms with Gasteiger partial charge in [0.2, 0.25) is 0 Å². The summed E-state index contributed by atoms with van der Waals surface area (Å²) in [4.78, 5) is 0. The van der Waals surface area contributed by atoms with Crippen LogP contribution in [0.5, 0.6) is 0 Å². The van der Waals surface area contributed by atoms with E-state index in [1.54, 1.807) is 18.6 Å². The molecule has 2 nitrogen and oxygen atoms in total. The Morgan fingerprint density at radius 3 is 2.78 bits per heavy atom. The molecule has 0 saturated heterocycles. The number of furan rings is 1. The number of hydrogen-bond acceptors (Lipinski definition) is 2. The normalized spacial score (nSPS) is 12.6. The predicted molar refractivity (Wildman–Crippen MR) is 70.0 cm³/mol. The number of hydrogen-bond donors (Lipinski definition) is 1. The fourth-order valence-electron chi connectivity index (χ4n) is 2.21. The molecule has 0 spiro atoms. The van der Waals surface area contributed by atoms with E-state index in [1.165, 1.54) is 6.07 Å². The van der Waals surface area contributed by atoms with Crippen molar-refractivity contribution >= 4 is 0 Å². The minimum Gasteiger partial charge on any atom is -0.472 e. The van der Waals surface area contributed by atoms with E-state index in [0.717, 1.165) is 29.7 Å². The van der Waals surface area contributed by atoms with Gasteiger partial charge in [-0.1, -0.05) is 13.0 Å². The van der Waals surface area contributed by atoms with Gasteiger partial charge in [-0.2, -0.15) is 0 Å². The third kappa shape index (κ3) is 2.99. The molecule has 0 fully saturated rings. The van der Waals surface area contributed by atoms with Crippen LogP contribution >= 0.6 is 0 Å². The average molecular weight is 247 g/mol. The molecule has 2 rings (SSSR count). The van der Waals surface area contributed by atoms with E-state index in [0.29, 0.717) is 0 Å². The first kappa shape index (κ1) is 12.8. The summed E-state index contributed by atoms with van der Waals surface area (Å²) >= 11 is 0. The van der Waals surface area contributed by atoms with Crippen molar-refractivity contribution in [2.24, 2.45) is 0 Å². The molecule has 1 heterocycles. The second-order valence-electron chi connectivity index (χ2n) is 4.45. The Balaban J connectivity index is 2.23. The summed E-state index contributed by atoms with van der Waals surface area (Å²) in [5.41, 5.74) is 3.26.